The summed E-state index contributed by atoms with van der Waals surface area (Å²) in [5, 5.41) is 0.600. The number of amides is 1. The molecule has 1 heterocycles. The molecule has 0 saturated heterocycles. The van der Waals surface area contributed by atoms with E-state index in [0.717, 1.165) is 17.7 Å². The van der Waals surface area contributed by atoms with Gasteiger partial charge >= 0.3 is 0 Å². The molecule has 1 aromatic heterocycles. The van der Waals surface area contributed by atoms with Crippen LogP contribution in [-0.2, 0) is 0 Å². The van der Waals surface area contributed by atoms with Gasteiger partial charge in [0.05, 0.1) is 26.9 Å². The predicted octanol–water partition coefficient (Wildman–Crippen LogP) is 3.92. The molecule has 160 valence electrons. The zero-order valence-corrected chi connectivity index (χ0v) is 18.8. The Morgan fingerprint density at radius 3 is 2.27 bits per heavy atom. The first-order chi connectivity index (χ1) is 14.5. The second-order valence-electron chi connectivity index (χ2n) is 6.96. The lowest BCUT2D eigenvalue weighted by molar-refractivity contribution is 0.0983. The van der Waals surface area contributed by atoms with E-state index in [1.54, 1.807) is 38.4 Å². The molecule has 3 rings (SSSR count). The third kappa shape index (κ3) is 4.49. The number of rotatable bonds is 9. The molecule has 30 heavy (non-hydrogen) atoms. The molecule has 7 nitrogen and oxygen atoms in total. The first kappa shape index (κ1) is 21.9. The molecule has 0 aliphatic heterocycles. The van der Waals surface area contributed by atoms with Crippen molar-refractivity contribution in [2.75, 3.05) is 53.4 Å². The number of anilines is 1. The Morgan fingerprint density at radius 1 is 0.933 bits per heavy atom. The monoisotopic (exact) mass is 429 g/mol. The van der Waals surface area contributed by atoms with Crippen molar-refractivity contribution in [1.29, 1.82) is 0 Å². The third-order valence-electron chi connectivity index (χ3n) is 4.70. The van der Waals surface area contributed by atoms with Crippen LogP contribution in [0.2, 0.25) is 0 Å². The van der Waals surface area contributed by atoms with Gasteiger partial charge in [-0.1, -0.05) is 23.5 Å². The number of hydrogen-bond donors (Lipinski definition) is 0. The number of aromatic nitrogens is 1. The van der Waals surface area contributed by atoms with Crippen LogP contribution in [0.5, 0.6) is 17.2 Å². The molecule has 0 atom stereocenters. The van der Waals surface area contributed by atoms with Gasteiger partial charge < -0.3 is 19.1 Å². The molecule has 0 N–H and O–H groups in total. The van der Waals surface area contributed by atoms with Crippen molar-refractivity contribution < 1.29 is 19.0 Å². The molecule has 3 aromatic rings. The summed E-state index contributed by atoms with van der Waals surface area (Å²) in [5.41, 5.74) is 1.19. The molecule has 1 amide bonds. The van der Waals surface area contributed by atoms with E-state index in [4.69, 9.17) is 19.2 Å². The van der Waals surface area contributed by atoms with Gasteiger partial charge in [0, 0.05) is 6.54 Å². The van der Waals surface area contributed by atoms with Gasteiger partial charge in [-0.15, -0.1) is 0 Å². The second kappa shape index (κ2) is 9.77. The van der Waals surface area contributed by atoms with Crippen LogP contribution in [-0.4, -0.2) is 64.3 Å². The van der Waals surface area contributed by atoms with E-state index in [2.05, 4.69) is 4.90 Å². The number of para-hydroxylation sites is 1. The topological polar surface area (TPSA) is 64.1 Å². The number of thiazole rings is 1. The fraction of sp³-hybridized carbons (Fsp3) is 0.364. The largest absolute Gasteiger partial charge is 0.496 e. The van der Waals surface area contributed by atoms with E-state index in [-0.39, 0.29) is 5.91 Å². The Balaban J connectivity index is 2.07. The van der Waals surface area contributed by atoms with Gasteiger partial charge in [-0.05, 0) is 51.3 Å². The minimum absolute atomic E-state index is 0.150. The zero-order valence-electron chi connectivity index (χ0n) is 18.0. The molecule has 2 aromatic carbocycles. The standard InChI is InChI=1S/C22H27N3O4S/c1-24(2)13-8-14-25(21(26)15-9-6-7-10-16(15)27-3)22-23-19-17(28-4)11-12-18(29-5)20(19)30-22/h6-7,9-12H,8,13-14H2,1-5H3. The Kier molecular flexibility index (Phi) is 7.12. The van der Waals surface area contributed by atoms with Gasteiger partial charge in [-0.2, -0.15) is 0 Å². The minimum atomic E-state index is -0.150. The van der Waals surface area contributed by atoms with Crippen molar-refractivity contribution in [2.24, 2.45) is 0 Å². The van der Waals surface area contributed by atoms with Crippen LogP contribution in [0, 0.1) is 0 Å². The molecule has 0 bridgehead atoms. The van der Waals surface area contributed by atoms with Crippen LogP contribution in [0.1, 0.15) is 16.8 Å². The molecule has 0 aliphatic carbocycles. The van der Waals surface area contributed by atoms with Crippen molar-refractivity contribution in [3.63, 3.8) is 0 Å². The number of benzene rings is 2. The molecule has 0 saturated carbocycles. The van der Waals surface area contributed by atoms with Crippen LogP contribution < -0.4 is 19.1 Å². The molecule has 8 heteroatoms. The van der Waals surface area contributed by atoms with Gasteiger partial charge in [0.25, 0.3) is 5.91 Å². The van der Waals surface area contributed by atoms with Crippen molar-refractivity contribution in [3.05, 3.63) is 42.0 Å². The van der Waals surface area contributed by atoms with Crippen LogP contribution in [0.25, 0.3) is 10.2 Å². The summed E-state index contributed by atoms with van der Waals surface area (Å²) in [6.45, 7) is 1.38. The van der Waals surface area contributed by atoms with Gasteiger partial charge in [0.2, 0.25) is 0 Å². The van der Waals surface area contributed by atoms with Crippen molar-refractivity contribution in [2.45, 2.75) is 6.42 Å². The minimum Gasteiger partial charge on any atom is -0.496 e. The Morgan fingerprint density at radius 2 is 1.60 bits per heavy atom. The number of hydrogen-bond acceptors (Lipinski definition) is 7. The van der Waals surface area contributed by atoms with Gasteiger partial charge in [-0.25, -0.2) is 4.98 Å². The third-order valence-corrected chi connectivity index (χ3v) is 5.79. The van der Waals surface area contributed by atoms with Gasteiger partial charge in [-0.3, -0.25) is 9.69 Å². The van der Waals surface area contributed by atoms with Crippen molar-refractivity contribution in [1.82, 2.24) is 9.88 Å². The summed E-state index contributed by atoms with van der Waals surface area (Å²) in [5.74, 6) is 1.73. The summed E-state index contributed by atoms with van der Waals surface area (Å²) in [4.78, 5) is 22.1. The van der Waals surface area contributed by atoms with Crippen LogP contribution >= 0.6 is 11.3 Å². The molecule has 0 fully saturated rings. The van der Waals surface area contributed by atoms with Gasteiger partial charge in [0.1, 0.15) is 27.5 Å². The number of ether oxygens (including phenoxy) is 3. The van der Waals surface area contributed by atoms with Crippen LogP contribution in [0.15, 0.2) is 36.4 Å². The Bertz CT molecular complexity index is 978. The SMILES string of the molecule is COc1ccccc1C(=O)N(CCCN(C)C)c1nc2c(OC)ccc(OC)c2s1. The molecule has 0 aliphatic rings. The lowest BCUT2D eigenvalue weighted by Gasteiger charge is -2.22. The first-order valence-corrected chi connectivity index (χ1v) is 10.4. The lowest BCUT2D eigenvalue weighted by Crippen LogP contribution is -2.33. The Labute approximate surface area is 180 Å². The highest BCUT2D eigenvalue weighted by Gasteiger charge is 2.25. The smallest absolute Gasteiger partial charge is 0.263 e. The number of methoxy groups -OCH3 is 3. The van der Waals surface area contributed by atoms with E-state index in [0.29, 0.717) is 40.0 Å². The molecular weight excluding hydrogens is 402 g/mol. The summed E-state index contributed by atoms with van der Waals surface area (Å²) in [7, 11) is 8.82. The fourth-order valence-corrected chi connectivity index (χ4v) is 4.28. The fourth-order valence-electron chi connectivity index (χ4n) is 3.19. The van der Waals surface area contributed by atoms with Gasteiger partial charge in [0.15, 0.2) is 5.13 Å². The van der Waals surface area contributed by atoms with E-state index >= 15 is 0 Å². The van der Waals surface area contributed by atoms with E-state index < -0.39 is 0 Å². The summed E-state index contributed by atoms with van der Waals surface area (Å²) < 4.78 is 17.2. The maximum absolute atomic E-state index is 13.5. The first-order valence-electron chi connectivity index (χ1n) is 9.61. The number of nitrogens with zero attached hydrogens (tertiary/aromatic N) is 3. The zero-order chi connectivity index (χ0) is 21.7. The summed E-state index contributed by atoms with van der Waals surface area (Å²) >= 11 is 1.42. The maximum Gasteiger partial charge on any atom is 0.263 e. The predicted molar refractivity (Wildman–Crippen MR) is 121 cm³/mol. The lowest BCUT2D eigenvalue weighted by atomic mass is 10.1. The average molecular weight is 430 g/mol. The molecular formula is C22H27N3O4S. The molecule has 0 spiro atoms. The summed E-state index contributed by atoms with van der Waals surface area (Å²) in [6.07, 6.45) is 0.804. The average Bonchev–Trinajstić information content (AvgIpc) is 3.20. The van der Waals surface area contributed by atoms with Crippen molar-refractivity contribution >= 4 is 32.6 Å². The molecule has 0 unspecified atom stereocenters. The second-order valence-corrected chi connectivity index (χ2v) is 7.94. The summed E-state index contributed by atoms with van der Waals surface area (Å²) in [6, 6.07) is 10.9. The number of fused-ring (bicyclic) bond motifs is 1. The number of carbonyl (C=O) groups is 1. The Hall–Kier alpha value is -2.84. The molecule has 0 radical (unpaired) electrons. The highest BCUT2D eigenvalue weighted by Crippen LogP contribution is 2.40. The van der Waals surface area contributed by atoms with E-state index in [1.807, 2.05) is 38.4 Å². The van der Waals surface area contributed by atoms with Crippen LogP contribution in [0.4, 0.5) is 5.13 Å². The highest BCUT2D eigenvalue weighted by molar-refractivity contribution is 7.22. The quantitative estimate of drug-likeness (QED) is 0.514. The highest BCUT2D eigenvalue weighted by atomic mass is 32.1. The number of carbonyl (C=O) groups excluding carboxylic acids is 1. The van der Waals surface area contributed by atoms with Crippen molar-refractivity contribution in [3.8, 4) is 17.2 Å². The normalized spacial score (nSPS) is 11.0. The van der Waals surface area contributed by atoms with E-state index in [9.17, 15) is 4.79 Å². The van der Waals surface area contributed by atoms with E-state index in [1.165, 1.54) is 11.3 Å². The maximum atomic E-state index is 13.5. The van der Waals surface area contributed by atoms with Crippen LogP contribution in [0.3, 0.4) is 0 Å².